The summed E-state index contributed by atoms with van der Waals surface area (Å²) in [5, 5.41) is 15.7. The summed E-state index contributed by atoms with van der Waals surface area (Å²) in [4.78, 5) is 29.4. The van der Waals surface area contributed by atoms with Crippen molar-refractivity contribution in [3.63, 3.8) is 0 Å². The maximum absolute atomic E-state index is 13.6. The molecule has 9 nitrogen and oxygen atoms in total. The Morgan fingerprint density at radius 3 is 2.59 bits per heavy atom. The van der Waals surface area contributed by atoms with Crippen LogP contribution < -0.4 is 16.6 Å². The summed E-state index contributed by atoms with van der Waals surface area (Å²) < 4.78 is 3.65. The second kappa shape index (κ2) is 9.35. The molecule has 1 aromatic carbocycles. The van der Waals surface area contributed by atoms with E-state index in [1.54, 1.807) is 4.57 Å². The minimum atomic E-state index is -0.310. The van der Waals surface area contributed by atoms with Crippen molar-refractivity contribution in [2.75, 3.05) is 13.1 Å². The first-order valence-corrected chi connectivity index (χ1v) is 11.3. The molecule has 4 heterocycles. The van der Waals surface area contributed by atoms with Gasteiger partial charge in [-0.25, -0.2) is 4.79 Å². The van der Waals surface area contributed by atoms with Crippen LogP contribution in [-0.2, 0) is 13.1 Å². The van der Waals surface area contributed by atoms with E-state index in [1.807, 2.05) is 43.3 Å². The number of tetrazole rings is 1. The van der Waals surface area contributed by atoms with Crippen LogP contribution in [0.25, 0.3) is 20.7 Å². The lowest BCUT2D eigenvalue weighted by Gasteiger charge is -2.24. The van der Waals surface area contributed by atoms with Gasteiger partial charge in [-0.15, -0.1) is 33.9 Å². The first kappa shape index (κ1) is 22.4. The fraction of sp³-hybridized carbons (Fsp3) is 0.381. The van der Waals surface area contributed by atoms with Gasteiger partial charge in [0.1, 0.15) is 4.70 Å². The van der Waals surface area contributed by atoms with Gasteiger partial charge in [-0.2, -0.15) is 4.80 Å². The summed E-state index contributed by atoms with van der Waals surface area (Å²) >= 11 is 1.43. The van der Waals surface area contributed by atoms with Gasteiger partial charge < -0.3 is 5.32 Å². The zero-order valence-corrected chi connectivity index (χ0v) is 19.2. The molecule has 0 bridgehead atoms. The van der Waals surface area contributed by atoms with Gasteiger partial charge in [-0.05, 0) is 49.7 Å². The Kier molecular flexibility index (Phi) is 6.54. The van der Waals surface area contributed by atoms with Crippen molar-refractivity contribution in [2.45, 2.75) is 38.9 Å². The molecule has 0 amide bonds. The summed E-state index contributed by atoms with van der Waals surface area (Å²) in [7, 11) is 0. The Morgan fingerprint density at radius 2 is 1.91 bits per heavy atom. The largest absolute Gasteiger partial charge is 0.332 e. The minimum Gasteiger partial charge on any atom is -0.317 e. The lowest BCUT2D eigenvalue weighted by Crippen LogP contribution is -2.45. The summed E-state index contributed by atoms with van der Waals surface area (Å²) in [6, 6.07) is 11.7. The Morgan fingerprint density at radius 1 is 1.16 bits per heavy atom. The fourth-order valence-corrected chi connectivity index (χ4v) is 5.17. The van der Waals surface area contributed by atoms with Crippen LogP contribution in [0.1, 0.15) is 31.6 Å². The average Bonchev–Trinajstić information content (AvgIpc) is 3.45. The second-order valence-electron chi connectivity index (χ2n) is 7.61. The third-order valence-electron chi connectivity index (χ3n) is 5.66. The zero-order valence-electron chi connectivity index (χ0n) is 17.6. The van der Waals surface area contributed by atoms with Crippen molar-refractivity contribution < 1.29 is 0 Å². The van der Waals surface area contributed by atoms with Crippen molar-refractivity contribution in [2.24, 2.45) is 0 Å². The molecule has 0 spiro atoms. The highest BCUT2D eigenvalue weighted by molar-refractivity contribution is 7.22. The van der Waals surface area contributed by atoms with Gasteiger partial charge in [0.05, 0.1) is 18.6 Å². The third kappa shape index (κ3) is 4.01. The number of aromatic nitrogens is 6. The number of halogens is 1. The number of benzene rings is 1. The molecule has 11 heteroatoms. The lowest BCUT2D eigenvalue weighted by atomic mass is 10.1. The van der Waals surface area contributed by atoms with E-state index >= 15 is 0 Å². The molecule has 1 N–H and O–H groups in total. The minimum absolute atomic E-state index is 0. The van der Waals surface area contributed by atoms with E-state index in [-0.39, 0.29) is 36.2 Å². The standard InChI is InChI=1S/C21H23N7O2S.ClH/c1-2-27-24-18(23-25-27)13-26-16-12-17(14-6-4-3-5-7-14)31-19(16)20(29)28(21(26)30)15-8-10-22-11-9-15;/h3-7,12,15,22H,2,8-11,13H2,1H3;1H. The van der Waals surface area contributed by atoms with Crippen molar-refractivity contribution in [3.8, 4) is 10.4 Å². The van der Waals surface area contributed by atoms with E-state index in [0.29, 0.717) is 22.6 Å². The Balaban J connectivity index is 0.00000245. The van der Waals surface area contributed by atoms with E-state index in [1.165, 1.54) is 20.7 Å². The molecule has 4 aromatic rings. The Bertz CT molecular complexity index is 1340. The van der Waals surface area contributed by atoms with Crippen molar-refractivity contribution in [1.82, 2.24) is 34.7 Å². The van der Waals surface area contributed by atoms with Gasteiger partial charge in [-0.3, -0.25) is 13.9 Å². The van der Waals surface area contributed by atoms with Crippen LogP contribution >= 0.6 is 23.7 Å². The summed E-state index contributed by atoms with van der Waals surface area (Å²) in [5.74, 6) is 0.452. The van der Waals surface area contributed by atoms with Crippen LogP contribution in [0.5, 0.6) is 0 Å². The van der Waals surface area contributed by atoms with E-state index in [9.17, 15) is 9.59 Å². The van der Waals surface area contributed by atoms with Gasteiger partial charge in [-0.1, -0.05) is 30.3 Å². The molecule has 0 radical (unpaired) electrons. The zero-order chi connectivity index (χ0) is 21.4. The second-order valence-corrected chi connectivity index (χ2v) is 8.66. The van der Waals surface area contributed by atoms with Crippen molar-refractivity contribution in [1.29, 1.82) is 0 Å². The van der Waals surface area contributed by atoms with Crippen LogP contribution in [0.4, 0.5) is 0 Å². The van der Waals surface area contributed by atoms with Gasteiger partial charge in [0.2, 0.25) is 0 Å². The first-order chi connectivity index (χ1) is 15.2. The number of fused-ring (bicyclic) bond motifs is 1. The van der Waals surface area contributed by atoms with Crippen LogP contribution in [0, 0.1) is 0 Å². The topological polar surface area (TPSA) is 99.6 Å². The molecule has 0 unspecified atom stereocenters. The molecule has 0 atom stereocenters. The van der Waals surface area contributed by atoms with Crippen molar-refractivity contribution in [3.05, 3.63) is 63.1 Å². The van der Waals surface area contributed by atoms with Crippen LogP contribution in [-0.4, -0.2) is 42.4 Å². The van der Waals surface area contributed by atoms with Crippen LogP contribution in [0.15, 0.2) is 46.0 Å². The summed E-state index contributed by atoms with van der Waals surface area (Å²) in [5.41, 5.74) is 1.12. The quantitative estimate of drug-likeness (QED) is 0.477. The van der Waals surface area contributed by atoms with E-state index in [4.69, 9.17) is 0 Å². The normalized spacial score (nSPS) is 14.5. The highest BCUT2D eigenvalue weighted by Crippen LogP contribution is 2.31. The fourth-order valence-electron chi connectivity index (χ4n) is 4.06. The predicted octanol–water partition coefficient (Wildman–Crippen LogP) is 2.29. The first-order valence-electron chi connectivity index (χ1n) is 10.5. The van der Waals surface area contributed by atoms with Gasteiger partial charge in [0, 0.05) is 10.9 Å². The maximum atomic E-state index is 13.6. The van der Waals surface area contributed by atoms with E-state index < -0.39 is 0 Å². The SMILES string of the molecule is CCn1nnc(Cn2c(=O)n(C3CCNCC3)c(=O)c3sc(-c4ccccc4)cc32)n1.Cl. The molecule has 32 heavy (non-hydrogen) atoms. The maximum Gasteiger partial charge on any atom is 0.332 e. The van der Waals surface area contributed by atoms with Crippen LogP contribution in [0.2, 0.25) is 0 Å². The highest BCUT2D eigenvalue weighted by atomic mass is 35.5. The van der Waals surface area contributed by atoms with Gasteiger partial charge >= 0.3 is 5.69 Å². The molecule has 168 valence electrons. The van der Waals surface area contributed by atoms with E-state index in [0.717, 1.165) is 36.4 Å². The molecular formula is C21H24ClN7O2S. The summed E-state index contributed by atoms with van der Waals surface area (Å²) in [6.07, 6.45) is 1.50. The third-order valence-corrected chi connectivity index (χ3v) is 6.82. The van der Waals surface area contributed by atoms with E-state index in [2.05, 4.69) is 20.7 Å². The number of hydrogen-bond acceptors (Lipinski definition) is 7. The smallest absolute Gasteiger partial charge is 0.317 e. The van der Waals surface area contributed by atoms with Gasteiger partial charge in [0.25, 0.3) is 5.56 Å². The molecule has 1 aliphatic heterocycles. The molecule has 0 aliphatic carbocycles. The number of piperidine rings is 1. The molecule has 3 aromatic heterocycles. The number of rotatable bonds is 5. The average molecular weight is 474 g/mol. The number of nitrogens with one attached hydrogen (secondary N) is 1. The summed E-state index contributed by atoms with van der Waals surface area (Å²) in [6.45, 7) is 4.29. The van der Waals surface area contributed by atoms with Crippen LogP contribution in [0.3, 0.4) is 0 Å². The number of aryl methyl sites for hydroxylation is 1. The highest BCUT2D eigenvalue weighted by Gasteiger charge is 2.24. The lowest BCUT2D eigenvalue weighted by molar-refractivity contribution is 0.346. The number of hydrogen-bond donors (Lipinski definition) is 1. The van der Waals surface area contributed by atoms with Gasteiger partial charge in [0.15, 0.2) is 5.82 Å². The molecule has 1 fully saturated rings. The molecule has 1 aliphatic rings. The van der Waals surface area contributed by atoms with Crippen molar-refractivity contribution >= 4 is 34.0 Å². The monoisotopic (exact) mass is 473 g/mol. The number of thiophene rings is 1. The molecule has 5 rings (SSSR count). The number of nitrogens with zero attached hydrogens (tertiary/aromatic N) is 6. The Hall–Kier alpha value is -2.82. The molecule has 0 saturated carbocycles. The Labute approximate surface area is 194 Å². The predicted molar refractivity (Wildman–Crippen MR) is 127 cm³/mol. The molecule has 1 saturated heterocycles. The molecular weight excluding hydrogens is 450 g/mol.